The normalized spacial score (nSPS) is 45.0. The van der Waals surface area contributed by atoms with Crippen LogP contribution in [0.1, 0.15) is 66.2 Å². The molecule has 0 aromatic rings. The van der Waals surface area contributed by atoms with Crippen LogP contribution in [0.4, 0.5) is 0 Å². The molecule has 8 atom stereocenters. The predicted octanol–water partition coefficient (Wildman–Crippen LogP) is 2.93. The summed E-state index contributed by atoms with van der Waals surface area (Å²) in [7, 11) is 1.70. The third kappa shape index (κ3) is 4.30. The first kappa shape index (κ1) is 23.2. The molecule has 8 unspecified atom stereocenters. The zero-order chi connectivity index (χ0) is 22.3. The molecule has 0 aromatic carbocycles. The number of ether oxygens (including phenoxy) is 4. The number of esters is 2. The second-order valence-corrected chi connectivity index (χ2v) is 9.67. The van der Waals surface area contributed by atoms with E-state index in [1.807, 2.05) is 13.8 Å². The number of carbonyl (C=O) groups excluding carboxylic acids is 2. The van der Waals surface area contributed by atoms with Crippen molar-refractivity contribution in [3.05, 3.63) is 12.2 Å². The molecule has 7 nitrogen and oxygen atoms in total. The van der Waals surface area contributed by atoms with Gasteiger partial charge in [0.25, 0.3) is 0 Å². The highest BCUT2D eigenvalue weighted by Gasteiger charge is 2.53. The Morgan fingerprint density at radius 2 is 1.97 bits per heavy atom. The van der Waals surface area contributed by atoms with Crippen molar-refractivity contribution in [1.29, 1.82) is 0 Å². The Morgan fingerprint density at radius 3 is 2.60 bits per heavy atom. The molecule has 2 bridgehead atoms. The largest absolute Gasteiger partial charge is 0.458 e. The molecule has 0 aliphatic carbocycles. The number of aliphatic hydroxyl groups excluding tert-OH is 1. The highest BCUT2D eigenvalue weighted by molar-refractivity contribution is 5.91. The Balaban J connectivity index is 1.96. The lowest BCUT2D eigenvalue weighted by atomic mass is 9.79. The van der Waals surface area contributed by atoms with Gasteiger partial charge in [-0.15, -0.1) is 0 Å². The molecule has 3 aliphatic rings. The van der Waals surface area contributed by atoms with Crippen LogP contribution in [-0.2, 0) is 28.5 Å². The molecule has 1 N–H and O–H groups in total. The fraction of sp³-hybridized carbons (Fsp3) is 0.826. The van der Waals surface area contributed by atoms with Crippen molar-refractivity contribution < 1.29 is 33.6 Å². The second-order valence-electron chi connectivity index (χ2n) is 9.67. The van der Waals surface area contributed by atoms with Crippen molar-refractivity contribution in [1.82, 2.24) is 0 Å². The molecule has 3 saturated heterocycles. The van der Waals surface area contributed by atoms with Gasteiger partial charge in [0.1, 0.15) is 12.2 Å². The van der Waals surface area contributed by atoms with Crippen LogP contribution in [0.25, 0.3) is 0 Å². The molecule has 0 saturated carbocycles. The molecule has 0 radical (unpaired) electrons. The number of hydrogen-bond donors (Lipinski definition) is 1. The van der Waals surface area contributed by atoms with Crippen LogP contribution in [0.15, 0.2) is 12.2 Å². The van der Waals surface area contributed by atoms with Crippen molar-refractivity contribution in [2.24, 2.45) is 11.8 Å². The number of fused-ring (bicyclic) bond motifs is 3. The Labute approximate surface area is 179 Å². The maximum Gasteiger partial charge on any atom is 0.334 e. The van der Waals surface area contributed by atoms with Crippen molar-refractivity contribution in [2.45, 2.75) is 102 Å². The third-order valence-corrected chi connectivity index (χ3v) is 7.51. The van der Waals surface area contributed by atoms with Crippen LogP contribution in [0, 0.1) is 11.8 Å². The molecule has 7 heteroatoms. The Hall–Kier alpha value is -1.44. The van der Waals surface area contributed by atoms with E-state index in [1.54, 1.807) is 7.11 Å². The van der Waals surface area contributed by atoms with Gasteiger partial charge in [0.2, 0.25) is 0 Å². The molecular weight excluding hydrogens is 388 g/mol. The number of rotatable bonds is 2. The third-order valence-electron chi connectivity index (χ3n) is 7.51. The number of hydrogen-bond acceptors (Lipinski definition) is 7. The zero-order valence-electron chi connectivity index (χ0n) is 18.8. The van der Waals surface area contributed by atoms with Crippen LogP contribution in [-0.4, -0.2) is 59.8 Å². The highest BCUT2D eigenvalue weighted by atomic mass is 16.6. The van der Waals surface area contributed by atoms with Gasteiger partial charge in [0.15, 0.2) is 0 Å². The van der Waals surface area contributed by atoms with Crippen LogP contribution < -0.4 is 0 Å². The quantitative estimate of drug-likeness (QED) is 0.538. The van der Waals surface area contributed by atoms with E-state index < -0.39 is 47.4 Å². The maximum atomic E-state index is 12.3. The van der Waals surface area contributed by atoms with Gasteiger partial charge in [-0.25, -0.2) is 4.79 Å². The second kappa shape index (κ2) is 8.60. The van der Waals surface area contributed by atoms with Gasteiger partial charge in [-0.2, -0.15) is 0 Å². The molecule has 3 rings (SSSR count). The zero-order valence-corrected chi connectivity index (χ0v) is 18.8. The van der Waals surface area contributed by atoms with Gasteiger partial charge in [0, 0.05) is 25.5 Å². The first-order chi connectivity index (χ1) is 14.0. The Kier molecular flexibility index (Phi) is 6.65. The summed E-state index contributed by atoms with van der Waals surface area (Å²) in [5.74, 6) is -1.38. The SMILES string of the molecule is C=C1C(=O)OC2C1CC(O)C1(C)CCC(O1)C(C)(OC)CCCC(C)C2OC(C)=O. The minimum Gasteiger partial charge on any atom is -0.458 e. The van der Waals surface area contributed by atoms with Crippen LogP contribution >= 0.6 is 0 Å². The fourth-order valence-corrected chi connectivity index (χ4v) is 5.26. The summed E-state index contributed by atoms with van der Waals surface area (Å²) in [5.41, 5.74) is -0.899. The monoisotopic (exact) mass is 424 g/mol. The smallest absolute Gasteiger partial charge is 0.334 e. The molecular formula is C23H36O7. The van der Waals surface area contributed by atoms with Crippen LogP contribution in [0.2, 0.25) is 0 Å². The summed E-state index contributed by atoms with van der Waals surface area (Å²) < 4.78 is 23.6. The van der Waals surface area contributed by atoms with Gasteiger partial charge >= 0.3 is 11.9 Å². The van der Waals surface area contributed by atoms with Crippen LogP contribution in [0.3, 0.4) is 0 Å². The van der Waals surface area contributed by atoms with Gasteiger partial charge < -0.3 is 24.1 Å². The lowest BCUT2D eigenvalue weighted by Crippen LogP contribution is -2.47. The summed E-state index contributed by atoms with van der Waals surface area (Å²) in [6, 6.07) is 0. The molecule has 30 heavy (non-hydrogen) atoms. The molecule has 0 spiro atoms. The number of carbonyl (C=O) groups is 2. The predicted molar refractivity (Wildman–Crippen MR) is 110 cm³/mol. The van der Waals surface area contributed by atoms with E-state index in [1.165, 1.54) is 6.92 Å². The lowest BCUT2D eigenvalue weighted by Gasteiger charge is -2.37. The van der Waals surface area contributed by atoms with E-state index in [4.69, 9.17) is 18.9 Å². The summed E-state index contributed by atoms with van der Waals surface area (Å²) in [6.45, 7) is 11.2. The maximum absolute atomic E-state index is 12.3. The van der Waals surface area contributed by atoms with Crippen molar-refractivity contribution in [3.63, 3.8) is 0 Å². The van der Waals surface area contributed by atoms with E-state index in [0.717, 1.165) is 25.7 Å². The van der Waals surface area contributed by atoms with E-state index >= 15 is 0 Å². The van der Waals surface area contributed by atoms with Gasteiger partial charge in [-0.05, 0) is 51.9 Å². The van der Waals surface area contributed by atoms with Crippen LogP contribution in [0.5, 0.6) is 0 Å². The standard InChI is InChI=1S/C23H36O7/c1-13-8-7-10-23(5,27-6)18-9-11-22(4,30-18)17(25)12-16-14(2)21(26)29-20(16)19(13)28-15(3)24/h13,16-20,25H,2,7-12H2,1,3-6H3. The summed E-state index contributed by atoms with van der Waals surface area (Å²) in [6.07, 6.45) is 1.95. The van der Waals surface area contributed by atoms with E-state index in [0.29, 0.717) is 12.0 Å². The lowest BCUT2D eigenvalue weighted by molar-refractivity contribution is -0.174. The number of methoxy groups -OCH3 is 1. The van der Waals surface area contributed by atoms with Gasteiger partial charge in [-0.3, -0.25) is 4.79 Å². The molecule has 3 aliphatic heterocycles. The molecule has 3 heterocycles. The Morgan fingerprint density at radius 1 is 1.27 bits per heavy atom. The van der Waals surface area contributed by atoms with Crippen molar-refractivity contribution >= 4 is 11.9 Å². The minimum atomic E-state index is -0.823. The first-order valence-electron chi connectivity index (χ1n) is 11.0. The average Bonchev–Trinajstić information content (AvgIpc) is 3.22. The summed E-state index contributed by atoms with van der Waals surface area (Å²) in [4.78, 5) is 24.2. The minimum absolute atomic E-state index is 0.0344. The molecule has 170 valence electrons. The number of aliphatic hydroxyl groups is 1. The fourth-order valence-electron chi connectivity index (χ4n) is 5.26. The van der Waals surface area contributed by atoms with Crippen molar-refractivity contribution in [3.8, 4) is 0 Å². The van der Waals surface area contributed by atoms with E-state index in [2.05, 4.69) is 13.5 Å². The van der Waals surface area contributed by atoms with Crippen molar-refractivity contribution in [2.75, 3.05) is 7.11 Å². The highest BCUT2D eigenvalue weighted by Crippen LogP contribution is 2.45. The molecule has 0 aromatic heterocycles. The first-order valence-corrected chi connectivity index (χ1v) is 11.0. The van der Waals surface area contributed by atoms with Gasteiger partial charge in [0.05, 0.1) is 23.4 Å². The Bertz CT molecular complexity index is 691. The van der Waals surface area contributed by atoms with E-state index in [9.17, 15) is 14.7 Å². The molecule has 0 amide bonds. The molecule has 3 fully saturated rings. The topological polar surface area (TPSA) is 91.3 Å². The summed E-state index contributed by atoms with van der Waals surface area (Å²) in [5, 5.41) is 11.2. The summed E-state index contributed by atoms with van der Waals surface area (Å²) >= 11 is 0. The van der Waals surface area contributed by atoms with E-state index in [-0.39, 0.29) is 18.4 Å². The average molecular weight is 425 g/mol. The van der Waals surface area contributed by atoms with Gasteiger partial charge in [-0.1, -0.05) is 19.9 Å².